The first-order valence-electron chi connectivity index (χ1n) is 6.72. The molecular formula is C15H23NO2. The van der Waals surface area contributed by atoms with Gasteiger partial charge in [0.1, 0.15) is 5.75 Å². The predicted molar refractivity (Wildman–Crippen MR) is 72.8 cm³/mol. The Morgan fingerprint density at radius 2 is 2.00 bits per heavy atom. The maximum Gasteiger partial charge on any atom is 0.118 e. The molecule has 18 heavy (non-hydrogen) atoms. The van der Waals surface area contributed by atoms with E-state index in [4.69, 9.17) is 4.74 Å². The number of rotatable bonds is 7. The second-order valence-corrected chi connectivity index (χ2v) is 5.27. The number of hydrogen-bond acceptors (Lipinski definition) is 3. The van der Waals surface area contributed by atoms with Gasteiger partial charge >= 0.3 is 0 Å². The molecule has 2 N–H and O–H groups in total. The molecule has 1 fully saturated rings. The molecule has 3 nitrogen and oxygen atoms in total. The first-order valence-corrected chi connectivity index (χ1v) is 6.72. The number of aliphatic hydroxyl groups is 1. The summed E-state index contributed by atoms with van der Waals surface area (Å²) < 4.78 is 5.10. The van der Waals surface area contributed by atoms with Gasteiger partial charge in [-0.1, -0.05) is 19.1 Å². The fraction of sp³-hybridized carbons (Fsp3) is 0.600. The zero-order valence-electron chi connectivity index (χ0n) is 11.3. The van der Waals surface area contributed by atoms with Crippen LogP contribution in [-0.4, -0.2) is 25.3 Å². The lowest BCUT2D eigenvalue weighted by molar-refractivity contribution is 0.171. The molecule has 2 rings (SSSR count). The van der Waals surface area contributed by atoms with Gasteiger partial charge in [0.25, 0.3) is 0 Å². The van der Waals surface area contributed by atoms with Gasteiger partial charge in [0.2, 0.25) is 0 Å². The number of methoxy groups -OCH3 is 1. The highest BCUT2D eigenvalue weighted by Crippen LogP contribution is 2.47. The van der Waals surface area contributed by atoms with E-state index >= 15 is 0 Å². The molecule has 1 aliphatic carbocycles. The van der Waals surface area contributed by atoms with E-state index in [0.29, 0.717) is 12.0 Å². The van der Waals surface area contributed by atoms with Gasteiger partial charge in [0.15, 0.2) is 0 Å². The maximum atomic E-state index is 10.1. The molecule has 0 aliphatic heterocycles. The first kappa shape index (κ1) is 13.4. The van der Waals surface area contributed by atoms with E-state index in [9.17, 15) is 5.11 Å². The van der Waals surface area contributed by atoms with E-state index < -0.39 is 6.10 Å². The molecule has 0 bridgehead atoms. The smallest absolute Gasteiger partial charge is 0.118 e. The van der Waals surface area contributed by atoms with Gasteiger partial charge in [-0.2, -0.15) is 0 Å². The molecule has 0 heterocycles. The van der Waals surface area contributed by atoms with Gasteiger partial charge in [0, 0.05) is 13.1 Å². The number of benzene rings is 1. The van der Waals surface area contributed by atoms with Gasteiger partial charge < -0.3 is 15.2 Å². The maximum absolute atomic E-state index is 10.1. The third-order valence-corrected chi connectivity index (χ3v) is 4.05. The molecule has 1 unspecified atom stereocenters. The standard InChI is InChI=1S/C15H23NO2/c1-3-15(8-9-15)11-16-10-14(17)12-4-6-13(18-2)7-5-12/h4-7,14,16-17H,3,8-11H2,1-2H3. The van der Waals surface area contributed by atoms with Crippen LogP contribution >= 0.6 is 0 Å². The van der Waals surface area contributed by atoms with Crippen molar-refractivity contribution in [3.05, 3.63) is 29.8 Å². The van der Waals surface area contributed by atoms with Crippen LogP contribution in [0.15, 0.2) is 24.3 Å². The predicted octanol–water partition coefficient (Wildman–Crippen LogP) is 2.51. The van der Waals surface area contributed by atoms with Gasteiger partial charge in [-0.25, -0.2) is 0 Å². The van der Waals surface area contributed by atoms with Gasteiger partial charge in [-0.15, -0.1) is 0 Å². The highest BCUT2D eigenvalue weighted by atomic mass is 16.5. The summed E-state index contributed by atoms with van der Waals surface area (Å²) in [6.45, 7) is 3.89. The number of hydrogen-bond donors (Lipinski definition) is 2. The Balaban J connectivity index is 1.78. The van der Waals surface area contributed by atoms with Crippen molar-refractivity contribution < 1.29 is 9.84 Å². The fourth-order valence-electron chi connectivity index (χ4n) is 2.25. The van der Waals surface area contributed by atoms with E-state index in [0.717, 1.165) is 17.9 Å². The first-order chi connectivity index (χ1) is 8.69. The number of ether oxygens (including phenoxy) is 1. The zero-order chi connectivity index (χ0) is 13.0. The summed E-state index contributed by atoms with van der Waals surface area (Å²) in [5.41, 5.74) is 1.46. The molecule has 100 valence electrons. The highest BCUT2D eigenvalue weighted by Gasteiger charge is 2.39. The minimum Gasteiger partial charge on any atom is -0.497 e. The summed E-state index contributed by atoms with van der Waals surface area (Å²) in [5, 5.41) is 13.5. The number of aliphatic hydroxyl groups excluding tert-OH is 1. The van der Waals surface area contributed by atoms with Crippen LogP contribution in [0.4, 0.5) is 0 Å². The average Bonchev–Trinajstić information content (AvgIpc) is 3.19. The van der Waals surface area contributed by atoms with E-state index in [2.05, 4.69) is 12.2 Å². The van der Waals surface area contributed by atoms with Crippen LogP contribution in [0.25, 0.3) is 0 Å². The molecule has 1 aromatic rings. The van der Waals surface area contributed by atoms with Crippen LogP contribution in [0.5, 0.6) is 5.75 Å². The molecule has 1 aliphatic rings. The van der Waals surface area contributed by atoms with Crippen LogP contribution in [0, 0.1) is 5.41 Å². The molecule has 0 radical (unpaired) electrons. The van der Waals surface area contributed by atoms with Crippen molar-refractivity contribution in [3.8, 4) is 5.75 Å². The van der Waals surface area contributed by atoms with Crippen molar-refractivity contribution in [3.63, 3.8) is 0 Å². The van der Waals surface area contributed by atoms with E-state index in [1.807, 2.05) is 24.3 Å². The molecule has 1 aromatic carbocycles. The van der Waals surface area contributed by atoms with E-state index in [-0.39, 0.29) is 0 Å². The largest absolute Gasteiger partial charge is 0.497 e. The van der Waals surface area contributed by atoms with Crippen LogP contribution in [0.3, 0.4) is 0 Å². The Morgan fingerprint density at radius 3 is 2.50 bits per heavy atom. The Morgan fingerprint density at radius 1 is 1.33 bits per heavy atom. The normalized spacial score (nSPS) is 18.4. The summed E-state index contributed by atoms with van der Waals surface area (Å²) in [7, 11) is 1.65. The highest BCUT2D eigenvalue weighted by molar-refractivity contribution is 5.28. The average molecular weight is 249 g/mol. The fourth-order valence-corrected chi connectivity index (χ4v) is 2.25. The second kappa shape index (κ2) is 5.72. The van der Waals surface area contributed by atoms with Gasteiger partial charge in [-0.05, 0) is 42.4 Å². The van der Waals surface area contributed by atoms with Crippen LogP contribution < -0.4 is 10.1 Å². The van der Waals surface area contributed by atoms with Gasteiger partial charge in [0.05, 0.1) is 13.2 Å². The van der Waals surface area contributed by atoms with Gasteiger partial charge in [-0.3, -0.25) is 0 Å². The molecular weight excluding hydrogens is 226 g/mol. The number of nitrogens with one attached hydrogen (secondary N) is 1. The Kier molecular flexibility index (Phi) is 4.25. The van der Waals surface area contributed by atoms with Crippen molar-refractivity contribution in [1.82, 2.24) is 5.32 Å². The Hall–Kier alpha value is -1.06. The minimum atomic E-state index is -0.441. The quantitative estimate of drug-likeness (QED) is 0.780. The van der Waals surface area contributed by atoms with E-state index in [1.165, 1.54) is 19.3 Å². The molecule has 3 heteroatoms. The molecule has 1 atom stereocenters. The summed E-state index contributed by atoms with van der Waals surface area (Å²) in [6.07, 6.45) is 3.45. The Bertz CT molecular complexity index is 371. The summed E-state index contributed by atoms with van der Waals surface area (Å²) >= 11 is 0. The van der Waals surface area contributed by atoms with Crippen LogP contribution in [0.2, 0.25) is 0 Å². The Labute approximate surface area is 109 Å². The summed E-state index contributed by atoms with van der Waals surface area (Å²) in [4.78, 5) is 0. The third-order valence-electron chi connectivity index (χ3n) is 4.05. The SMILES string of the molecule is CCC1(CNCC(O)c2ccc(OC)cc2)CC1. The lowest BCUT2D eigenvalue weighted by atomic mass is 10.0. The van der Waals surface area contributed by atoms with Crippen LogP contribution in [-0.2, 0) is 0 Å². The zero-order valence-corrected chi connectivity index (χ0v) is 11.3. The molecule has 0 spiro atoms. The van der Waals surface area contributed by atoms with Crippen LogP contribution in [0.1, 0.15) is 37.9 Å². The van der Waals surface area contributed by atoms with Crippen molar-refractivity contribution in [2.75, 3.05) is 20.2 Å². The molecule has 1 saturated carbocycles. The van der Waals surface area contributed by atoms with Crippen molar-refractivity contribution in [2.24, 2.45) is 5.41 Å². The topological polar surface area (TPSA) is 41.5 Å². The molecule has 0 saturated heterocycles. The molecule has 0 aromatic heterocycles. The summed E-state index contributed by atoms with van der Waals surface area (Å²) in [6, 6.07) is 7.59. The van der Waals surface area contributed by atoms with Crippen molar-refractivity contribution in [1.29, 1.82) is 0 Å². The second-order valence-electron chi connectivity index (χ2n) is 5.27. The molecule has 0 amide bonds. The minimum absolute atomic E-state index is 0.441. The lowest BCUT2D eigenvalue weighted by Crippen LogP contribution is -2.28. The monoisotopic (exact) mass is 249 g/mol. The lowest BCUT2D eigenvalue weighted by Gasteiger charge is -2.16. The summed E-state index contributed by atoms with van der Waals surface area (Å²) in [5.74, 6) is 0.821. The van der Waals surface area contributed by atoms with E-state index in [1.54, 1.807) is 7.11 Å². The van der Waals surface area contributed by atoms with Crippen molar-refractivity contribution in [2.45, 2.75) is 32.3 Å². The third kappa shape index (κ3) is 3.24. The van der Waals surface area contributed by atoms with Crippen molar-refractivity contribution >= 4 is 0 Å².